The van der Waals surface area contributed by atoms with Crippen molar-refractivity contribution < 1.29 is 4.79 Å². The van der Waals surface area contributed by atoms with E-state index in [1.54, 1.807) is 18.1 Å². The molecule has 5 heteroatoms. The van der Waals surface area contributed by atoms with Crippen LogP contribution in [-0.4, -0.2) is 34.7 Å². The second kappa shape index (κ2) is 3.69. The molecule has 0 saturated heterocycles. The highest BCUT2D eigenvalue weighted by atomic mass is 16.2. The first-order valence-electron chi connectivity index (χ1n) is 4.79. The number of rotatable bonds is 0. The van der Waals surface area contributed by atoms with Crippen LogP contribution in [0.2, 0.25) is 0 Å². The van der Waals surface area contributed by atoms with Crippen LogP contribution in [0.4, 0.5) is 4.79 Å². The minimum absolute atomic E-state index is 0.0148. The molecule has 1 aliphatic heterocycles. The molecule has 0 aromatic carbocycles. The summed E-state index contributed by atoms with van der Waals surface area (Å²) in [7, 11) is 1.66. The number of hydrogen-bond donors (Lipinski definition) is 2. The number of carbonyl (C=O) groups excluding carboxylic acids is 1. The third kappa shape index (κ3) is 1.57. The van der Waals surface area contributed by atoms with E-state index in [0.29, 0.717) is 6.54 Å². The molecule has 0 bridgehead atoms. The standard InChI is InChI=1S/C9H14N4O/c1-10-9(14)13-4-2-3-8-7(6-13)5-11-12-8/h5H,2-4,6H2,1H3,(H,10,14)(H,11,12). The van der Waals surface area contributed by atoms with E-state index in [1.807, 2.05) is 0 Å². The molecule has 1 aromatic heterocycles. The summed E-state index contributed by atoms with van der Waals surface area (Å²) in [5, 5.41) is 9.59. The lowest BCUT2D eigenvalue weighted by Crippen LogP contribution is -2.37. The van der Waals surface area contributed by atoms with Gasteiger partial charge in [-0.3, -0.25) is 5.10 Å². The summed E-state index contributed by atoms with van der Waals surface area (Å²) in [6.07, 6.45) is 3.77. The normalized spacial score (nSPS) is 15.9. The van der Waals surface area contributed by atoms with E-state index in [2.05, 4.69) is 15.5 Å². The minimum Gasteiger partial charge on any atom is -0.341 e. The van der Waals surface area contributed by atoms with Crippen LogP contribution in [0.3, 0.4) is 0 Å². The van der Waals surface area contributed by atoms with Crippen LogP contribution in [-0.2, 0) is 13.0 Å². The maximum Gasteiger partial charge on any atom is 0.317 e. The van der Waals surface area contributed by atoms with Crippen molar-refractivity contribution in [1.29, 1.82) is 0 Å². The van der Waals surface area contributed by atoms with E-state index < -0.39 is 0 Å². The fraction of sp³-hybridized carbons (Fsp3) is 0.556. The van der Waals surface area contributed by atoms with Crippen molar-refractivity contribution in [3.8, 4) is 0 Å². The molecule has 1 aliphatic rings. The Hall–Kier alpha value is -1.52. The van der Waals surface area contributed by atoms with Crippen LogP contribution in [0.5, 0.6) is 0 Å². The Balaban J connectivity index is 2.15. The third-order valence-electron chi connectivity index (χ3n) is 2.52. The first-order chi connectivity index (χ1) is 6.81. The summed E-state index contributed by atoms with van der Waals surface area (Å²) in [5.41, 5.74) is 2.29. The van der Waals surface area contributed by atoms with Gasteiger partial charge in [0.25, 0.3) is 0 Å². The average Bonchev–Trinajstić information content (AvgIpc) is 2.54. The molecule has 2 amide bonds. The highest BCUT2D eigenvalue weighted by Gasteiger charge is 2.18. The average molecular weight is 194 g/mol. The van der Waals surface area contributed by atoms with Crippen molar-refractivity contribution in [3.05, 3.63) is 17.5 Å². The molecule has 0 spiro atoms. The number of aryl methyl sites for hydroxylation is 1. The summed E-state index contributed by atoms with van der Waals surface area (Å²) >= 11 is 0. The number of nitrogens with zero attached hydrogens (tertiary/aromatic N) is 2. The first kappa shape index (κ1) is 9.05. The molecule has 0 radical (unpaired) electrons. The molecule has 0 unspecified atom stereocenters. The third-order valence-corrected chi connectivity index (χ3v) is 2.52. The van der Waals surface area contributed by atoms with Crippen molar-refractivity contribution in [2.75, 3.05) is 13.6 Å². The number of aromatic nitrogens is 2. The van der Waals surface area contributed by atoms with Gasteiger partial charge < -0.3 is 10.2 Å². The number of urea groups is 1. The minimum atomic E-state index is -0.0148. The molecular weight excluding hydrogens is 180 g/mol. The maximum absolute atomic E-state index is 11.4. The van der Waals surface area contributed by atoms with Gasteiger partial charge in [0.15, 0.2) is 0 Å². The van der Waals surface area contributed by atoms with Crippen molar-refractivity contribution in [2.45, 2.75) is 19.4 Å². The Morgan fingerprint density at radius 2 is 2.57 bits per heavy atom. The number of amides is 2. The fourth-order valence-electron chi connectivity index (χ4n) is 1.75. The fourth-order valence-corrected chi connectivity index (χ4v) is 1.75. The predicted octanol–water partition coefficient (Wildman–Crippen LogP) is 0.497. The lowest BCUT2D eigenvalue weighted by atomic mass is 10.2. The van der Waals surface area contributed by atoms with Gasteiger partial charge in [0, 0.05) is 24.8 Å². The summed E-state index contributed by atoms with van der Waals surface area (Å²) < 4.78 is 0. The Morgan fingerprint density at radius 3 is 3.36 bits per heavy atom. The van der Waals surface area contributed by atoms with Crippen molar-refractivity contribution in [1.82, 2.24) is 20.4 Å². The Morgan fingerprint density at radius 1 is 1.71 bits per heavy atom. The van der Waals surface area contributed by atoms with Crippen molar-refractivity contribution in [2.24, 2.45) is 0 Å². The SMILES string of the molecule is CNC(=O)N1CCCc2[nH]ncc2C1. The van der Waals surface area contributed by atoms with Gasteiger partial charge >= 0.3 is 6.03 Å². The molecule has 2 N–H and O–H groups in total. The lowest BCUT2D eigenvalue weighted by Gasteiger charge is -2.19. The number of nitrogens with one attached hydrogen (secondary N) is 2. The molecule has 14 heavy (non-hydrogen) atoms. The van der Waals surface area contributed by atoms with Crippen LogP contribution in [0.25, 0.3) is 0 Å². The second-order valence-electron chi connectivity index (χ2n) is 3.45. The quantitative estimate of drug-likeness (QED) is 0.631. The molecule has 0 fully saturated rings. The second-order valence-corrected chi connectivity index (χ2v) is 3.45. The van der Waals surface area contributed by atoms with Crippen LogP contribution in [0.1, 0.15) is 17.7 Å². The lowest BCUT2D eigenvalue weighted by molar-refractivity contribution is 0.198. The zero-order valence-corrected chi connectivity index (χ0v) is 8.21. The van der Waals surface area contributed by atoms with Crippen LogP contribution in [0, 0.1) is 0 Å². The van der Waals surface area contributed by atoms with E-state index >= 15 is 0 Å². The highest BCUT2D eigenvalue weighted by molar-refractivity contribution is 5.73. The maximum atomic E-state index is 11.4. The van der Waals surface area contributed by atoms with Crippen molar-refractivity contribution in [3.63, 3.8) is 0 Å². The van der Waals surface area contributed by atoms with E-state index in [9.17, 15) is 4.79 Å². The number of carbonyl (C=O) groups is 1. The Bertz CT molecular complexity index is 333. The van der Waals surface area contributed by atoms with Gasteiger partial charge in [0.2, 0.25) is 0 Å². The van der Waals surface area contributed by atoms with Gasteiger partial charge in [-0.1, -0.05) is 0 Å². The zero-order valence-electron chi connectivity index (χ0n) is 8.21. The Labute approximate surface area is 82.5 Å². The van der Waals surface area contributed by atoms with Gasteiger partial charge in [-0.2, -0.15) is 5.10 Å². The highest BCUT2D eigenvalue weighted by Crippen LogP contribution is 2.15. The molecule has 1 aromatic rings. The summed E-state index contributed by atoms with van der Waals surface area (Å²) in [6.45, 7) is 1.47. The van der Waals surface area contributed by atoms with Gasteiger partial charge in [-0.25, -0.2) is 4.79 Å². The summed E-state index contributed by atoms with van der Waals surface area (Å²) in [4.78, 5) is 13.2. The van der Waals surface area contributed by atoms with E-state index in [-0.39, 0.29) is 6.03 Å². The predicted molar refractivity (Wildman–Crippen MR) is 51.8 cm³/mol. The zero-order chi connectivity index (χ0) is 9.97. The van der Waals surface area contributed by atoms with Crippen LogP contribution < -0.4 is 5.32 Å². The van der Waals surface area contributed by atoms with Gasteiger partial charge in [0.1, 0.15) is 0 Å². The van der Waals surface area contributed by atoms with E-state index in [4.69, 9.17) is 0 Å². The molecule has 2 rings (SSSR count). The van der Waals surface area contributed by atoms with Gasteiger partial charge in [-0.05, 0) is 12.8 Å². The smallest absolute Gasteiger partial charge is 0.317 e. The van der Waals surface area contributed by atoms with Gasteiger partial charge in [0.05, 0.1) is 12.7 Å². The van der Waals surface area contributed by atoms with Crippen molar-refractivity contribution >= 4 is 6.03 Å². The molecule has 76 valence electrons. The monoisotopic (exact) mass is 194 g/mol. The summed E-state index contributed by atoms with van der Waals surface area (Å²) in [6, 6.07) is -0.0148. The molecule has 0 aliphatic carbocycles. The number of fused-ring (bicyclic) bond motifs is 1. The largest absolute Gasteiger partial charge is 0.341 e. The van der Waals surface area contributed by atoms with Crippen LogP contribution >= 0.6 is 0 Å². The molecule has 0 saturated carbocycles. The van der Waals surface area contributed by atoms with Crippen LogP contribution in [0.15, 0.2) is 6.20 Å². The molecule has 2 heterocycles. The van der Waals surface area contributed by atoms with E-state index in [0.717, 1.165) is 30.6 Å². The number of hydrogen-bond acceptors (Lipinski definition) is 2. The number of aromatic amines is 1. The molecular formula is C9H14N4O. The first-order valence-corrected chi connectivity index (χ1v) is 4.79. The Kier molecular flexibility index (Phi) is 2.39. The van der Waals surface area contributed by atoms with E-state index in [1.165, 1.54) is 0 Å². The number of H-pyrrole nitrogens is 1. The van der Waals surface area contributed by atoms with Gasteiger partial charge in [-0.15, -0.1) is 0 Å². The summed E-state index contributed by atoms with van der Waals surface area (Å²) in [5.74, 6) is 0. The molecule has 0 atom stereocenters. The topological polar surface area (TPSA) is 61.0 Å². The molecule has 5 nitrogen and oxygen atoms in total.